The molecule has 94 valence electrons. The Bertz CT molecular complexity index is 429. The normalized spacial score (nSPS) is 12.5. The first-order valence-corrected chi connectivity index (χ1v) is 6.70. The van der Waals surface area contributed by atoms with Crippen LogP contribution in [0, 0.1) is 5.92 Å². The van der Waals surface area contributed by atoms with Crippen molar-refractivity contribution in [2.24, 2.45) is 5.92 Å². The molecule has 1 aromatic heterocycles. The van der Waals surface area contributed by atoms with E-state index < -0.39 is 0 Å². The van der Waals surface area contributed by atoms with Gasteiger partial charge in [0.15, 0.2) is 5.43 Å². The minimum Gasteiger partial charge on any atom is -0.367 e. The smallest absolute Gasteiger partial charge is 0.256 e. The van der Waals surface area contributed by atoms with Crippen LogP contribution in [0.1, 0.15) is 30.6 Å². The molecule has 0 spiro atoms. The summed E-state index contributed by atoms with van der Waals surface area (Å²) in [5, 5.41) is 3.53. The van der Waals surface area contributed by atoms with Gasteiger partial charge in [0.2, 0.25) is 0 Å². The molecule has 1 aromatic rings. The third kappa shape index (κ3) is 4.34. The number of aromatic nitrogens is 1. The maximum absolute atomic E-state index is 11.9. The monoisotopic (exact) mass is 300 g/mol. The number of rotatable bonds is 5. The van der Waals surface area contributed by atoms with Crippen LogP contribution in [0.2, 0.25) is 0 Å². The topological polar surface area (TPSA) is 62.0 Å². The number of amides is 1. The second kappa shape index (κ2) is 6.59. The van der Waals surface area contributed by atoms with Gasteiger partial charge in [-0.3, -0.25) is 9.59 Å². The van der Waals surface area contributed by atoms with Crippen LogP contribution >= 0.6 is 15.9 Å². The van der Waals surface area contributed by atoms with Gasteiger partial charge in [0.25, 0.3) is 5.91 Å². The molecule has 1 heterocycles. The third-order valence-electron chi connectivity index (χ3n) is 2.35. The Morgan fingerprint density at radius 1 is 1.53 bits per heavy atom. The molecular formula is C12H17BrN2O2. The van der Waals surface area contributed by atoms with Crippen LogP contribution < -0.4 is 10.7 Å². The first-order valence-electron chi connectivity index (χ1n) is 5.58. The Morgan fingerprint density at radius 2 is 2.24 bits per heavy atom. The third-order valence-corrected chi connectivity index (χ3v) is 3.13. The van der Waals surface area contributed by atoms with Crippen molar-refractivity contribution < 1.29 is 4.79 Å². The molecule has 0 aliphatic heterocycles. The molecule has 0 radical (unpaired) electrons. The second-order valence-electron chi connectivity index (χ2n) is 4.38. The molecular weight excluding hydrogens is 284 g/mol. The number of aromatic amines is 1. The number of carbonyl (C=O) groups excluding carboxylic acids is 1. The van der Waals surface area contributed by atoms with E-state index in [1.165, 1.54) is 18.5 Å². The molecule has 0 bridgehead atoms. The van der Waals surface area contributed by atoms with Crippen molar-refractivity contribution in [3.05, 3.63) is 34.2 Å². The summed E-state index contributed by atoms with van der Waals surface area (Å²) in [5.41, 5.74) is -0.110. The molecule has 1 rings (SSSR count). The molecule has 0 saturated heterocycles. The number of carbonyl (C=O) groups is 1. The molecule has 4 nitrogen and oxygen atoms in total. The van der Waals surface area contributed by atoms with Gasteiger partial charge in [-0.1, -0.05) is 29.8 Å². The minimum atomic E-state index is -0.322. The fraction of sp³-hybridized carbons (Fsp3) is 0.500. The second-order valence-corrected chi connectivity index (χ2v) is 5.02. The predicted octanol–water partition coefficient (Wildman–Crippen LogP) is 1.91. The van der Waals surface area contributed by atoms with E-state index in [1.54, 1.807) is 0 Å². The summed E-state index contributed by atoms with van der Waals surface area (Å²) in [7, 11) is 0. The van der Waals surface area contributed by atoms with Crippen molar-refractivity contribution in [2.45, 2.75) is 26.3 Å². The Hall–Kier alpha value is -1.10. The summed E-state index contributed by atoms with van der Waals surface area (Å²) < 4.78 is 0. The van der Waals surface area contributed by atoms with Gasteiger partial charge in [-0.15, -0.1) is 0 Å². The summed E-state index contributed by atoms with van der Waals surface area (Å²) in [4.78, 5) is 26.1. The maximum atomic E-state index is 11.9. The summed E-state index contributed by atoms with van der Waals surface area (Å²) in [6.45, 7) is 4.19. The zero-order valence-electron chi connectivity index (χ0n) is 10.00. The van der Waals surface area contributed by atoms with Gasteiger partial charge in [-0.25, -0.2) is 0 Å². The number of halogens is 1. The van der Waals surface area contributed by atoms with Gasteiger partial charge in [-0.05, 0) is 12.3 Å². The first kappa shape index (κ1) is 14.0. The van der Waals surface area contributed by atoms with Crippen LogP contribution in [0.3, 0.4) is 0 Å². The number of pyridine rings is 1. The van der Waals surface area contributed by atoms with E-state index in [9.17, 15) is 9.59 Å². The van der Waals surface area contributed by atoms with Gasteiger partial charge < -0.3 is 10.3 Å². The molecule has 2 N–H and O–H groups in total. The number of hydrogen-bond donors (Lipinski definition) is 2. The van der Waals surface area contributed by atoms with Crippen molar-refractivity contribution >= 4 is 21.8 Å². The zero-order chi connectivity index (χ0) is 12.8. The molecule has 0 aliphatic carbocycles. The Balaban J connectivity index is 2.71. The SMILES string of the molecule is CC(C)CC(CBr)NC(=O)c1c[nH]ccc1=O. The quantitative estimate of drug-likeness (QED) is 0.816. The lowest BCUT2D eigenvalue weighted by atomic mass is 10.0. The van der Waals surface area contributed by atoms with Crippen molar-refractivity contribution in [2.75, 3.05) is 5.33 Å². The van der Waals surface area contributed by atoms with Gasteiger partial charge in [-0.2, -0.15) is 0 Å². The average Bonchev–Trinajstić information content (AvgIpc) is 2.27. The molecule has 0 fully saturated rings. The number of H-pyrrole nitrogens is 1. The van der Waals surface area contributed by atoms with E-state index in [-0.39, 0.29) is 22.9 Å². The molecule has 0 saturated carbocycles. The molecule has 17 heavy (non-hydrogen) atoms. The highest BCUT2D eigenvalue weighted by Gasteiger charge is 2.15. The van der Waals surface area contributed by atoms with Crippen LogP contribution in [-0.4, -0.2) is 22.3 Å². The fourth-order valence-corrected chi connectivity index (χ4v) is 2.01. The standard InChI is InChI=1S/C12H17BrN2O2/c1-8(2)5-9(6-13)15-12(17)10-7-14-4-3-11(10)16/h3-4,7-9H,5-6H2,1-2H3,(H,14,16)(H,15,17). The molecule has 1 amide bonds. The Labute approximate surface area is 109 Å². The van der Waals surface area contributed by atoms with Crippen LogP contribution in [0.25, 0.3) is 0 Å². The van der Waals surface area contributed by atoms with E-state index in [0.717, 1.165) is 6.42 Å². The molecule has 1 unspecified atom stereocenters. The molecule has 0 aliphatic rings. The van der Waals surface area contributed by atoms with Gasteiger partial charge in [0, 0.05) is 29.8 Å². The molecule has 1 atom stereocenters. The van der Waals surface area contributed by atoms with E-state index >= 15 is 0 Å². The number of hydrogen-bond acceptors (Lipinski definition) is 2. The van der Waals surface area contributed by atoms with Gasteiger partial charge >= 0.3 is 0 Å². The summed E-state index contributed by atoms with van der Waals surface area (Å²) in [6, 6.07) is 1.39. The zero-order valence-corrected chi connectivity index (χ0v) is 11.6. The van der Waals surface area contributed by atoms with Gasteiger partial charge in [0.1, 0.15) is 5.56 Å². The van der Waals surface area contributed by atoms with Crippen molar-refractivity contribution in [1.29, 1.82) is 0 Å². The predicted molar refractivity (Wildman–Crippen MR) is 71.6 cm³/mol. The minimum absolute atomic E-state index is 0.0436. The fourth-order valence-electron chi connectivity index (χ4n) is 1.59. The highest BCUT2D eigenvalue weighted by molar-refractivity contribution is 9.09. The highest BCUT2D eigenvalue weighted by atomic mass is 79.9. The summed E-state index contributed by atoms with van der Waals surface area (Å²) in [6.07, 6.45) is 3.81. The van der Waals surface area contributed by atoms with Crippen molar-refractivity contribution in [1.82, 2.24) is 10.3 Å². The Morgan fingerprint density at radius 3 is 2.76 bits per heavy atom. The van der Waals surface area contributed by atoms with Gasteiger partial charge in [0.05, 0.1) is 0 Å². The average molecular weight is 301 g/mol. The van der Waals surface area contributed by atoms with E-state index in [0.29, 0.717) is 11.2 Å². The van der Waals surface area contributed by atoms with Crippen molar-refractivity contribution in [3.63, 3.8) is 0 Å². The number of nitrogens with one attached hydrogen (secondary N) is 2. The molecule has 5 heteroatoms. The van der Waals surface area contributed by atoms with E-state index in [4.69, 9.17) is 0 Å². The van der Waals surface area contributed by atoms with E-state index in [1.807, 2.05) is 0 Å². The largest absolute Gasteiger partial charge is 0.367 e. The molecule has 0 aromatic carbocycles. The van der Waals surface area contributed by atoms with Crippen LogP contribution in [0.5, 0.6) is 0 Å². The van der Waals surface area contributed by atoms with E-state index in [2.05, 4.69) is 40.1 Å². The maximum Gasteiger partial charge on any atom is 0.256 e. The van der Waals surface area contributed by atoms with Crippen LogP contribution in [0.4, 0.5) is 0 Å². The van der Waals surface area contributed by atoms with Crippen LogP contribution in [0.15, 0.2) is 23.3 Å². The first-order chi connectivity index (χ1) is 8.04. The summed E-state index contributed by atoms with van der Waals surface area (Å²) in [5.74, 6) is 0.170. The lowest BCUT2D eigenvalue weighted by molar-refractivity contribution is 0.0935. The lowest BCUT2D eigenvalue weighted by Crippen LogP contribution is -2.39. The van der Waals surface area contributed by atoms with Crippen LogP contribution in [-0.2, 0) is 0 Å². The summed E-state index contributed by atoms with van der Waals surface area (Å²) >= 11 is 3.36. The Kier molecular flexibility index (Phi) is 5.41. The van der Waals surface area contributed by atoms with Crippen molar-refractivity contribution in [3.8, 4) is 0 Å². The highest BCUT2D eigenvalue weighted by Crippen LogP contribution is 2.07. The number of alkyl halides is 1. The lowest BCUT2D eigenvalue weighted by Gasteiger charge is -2.17.